The van der Waals surface area contributed by atoms with Crippen molar-refractivity contribution in [1.82, 2.24) is 15.1 Å². The number of carbonyl (C=O) groups is 1. The first kappa shape index (κ1) is 12.7. The molecule has 1 heterocycles. The summed E-state index contributed by atoms with van der Waals surface area (Å²) in [5.41, 5.74) is 0.996. The molecule has 0 saturated carbocycles. The molecule has 1 aromatic heterocycles. The van der Waals surface area contributed by atoms with Gasteiger partial charge >= 0.3 is 5.97 Å². The molecule has 5 heteroatoms. The van der Waals surface area contributed by atoms with Crippen LogP contribution in [-0.4, -0.2) is 27.4 Å². The Morgan fingerprint density at radius 1 is 1.62 bits per heavy atom. The van der Waals surface area contributed by atoms with E-state index in [4.69, 9.17) is 5.11 Å². The zero-order valence-corrected chi connectivity index (χ0v) is 10.0. The Hall–Kier alpha value is -1.36. The number of rotatable bonds is 6. The fourth-order valence-corrected chi connectivity index (χ4v) is 1.45. The van der Waals surface area contributed by atoms with Crippen LogP contribution in [-0.2, 0) is 13.6 Å². The number of carboxylic acids is 1. The van der Waals surface area contributed by atoms with Crippen LogP contribution in [0, 0.1) is 5.92 Å². The fourth-order valence-electron chi connectivity index (χ4n) is 1.45. The van der Waals surface area contributed by atoms with E-state index in [0.717, 1.165) is 18.7 Å². The Balaban J connectivity index is 2.52. The van der Waals surface area contributed by atoms with Gasteiger partial charge < -0.3 is 10.4 Å². The molecule has 0 unspecified atom stereocenters. The molecule has 1 aromatic rings. The fraction of sp³-hybridized carbons (Fsp3) is 0.636. The lowest BCUT2D eigenvalue weighted by atomic mass is 10.1. The van der Waals surface area contributed by atoms with Gasteiger partial charge in [-0.05, 0) is 18.9 Å². The maximum atomic E-state index is 10.9. The topological polar surface area (TPSA) is 67.2 Å². The average Bonchev–Trinajstić information content (AvgIpc) is 2.54. The van der Waals surface area contributed by atoms with Crippen LogP contribution in [0.3, 0.4) is 0 Å². The van der Waals surface area contributed by atoms with Gasteiger partial charge in [-0.25, -0.2) is 4.79 Å². The standard InChI is InChI=1S/C11H19N3O2/c1-8(2)4-5-12-7-10-9(11(15)16)6-13-14(10)3/h6,8,12H,4-5,7H2,1-3H3,(H,15,16). The summed E-state index contributed by atoms with van der Waals surface area (Å²) in [4.78, 5) is 10.9. The number of aromatic carboxylic acids is 1. The number of nitrogens with zero attached hydrogens (tertiary/aromatic N) is 2. The molecule has 16 heavy (non-hydrogen) atoms. The summed E-state index contributed by atoms with van der Waals surface area (Å²) in [6.07, 6.45) is 2.47. The van der Waals surface area contributed by atoms with E-state index in [1.165, 1.54) is 6.20 Å². The smallest absolute Gasteiger partial charge is 0.339 e. The van der Waals surface area contributed by atoms with E-state index >= 15 is 0 Å². The van der Waals surface area contributed by atoms with Gasteiger partial charge in [0.25, 0.3) is 0 Å². The molecule has 2 N–H and O–H groups in total. The van der Waals surface area contributed by atoms with E-state index in [-0.39, 0.29) is 5.56 Å². The molecule has 1 rings (SSSR count). The highest BCUT2D eigenvalue weighted by molar-refractivity contribution is 5.88. The first-order valence-electron chi connectivity index (χ1n) is 5.47. The predicted molar refractivity (Wildman–Crippen MR) is 61.3 cm³/mol. The van der Waals surface area contributed by atoms with Crippen molar-refractivity contribution >= 4 is 5.97 Å². The Labute approximate surface area is 95.5 Å². The zero-order valence-electron chi connectivity index (χ0n) is 10.0. The minimum atomic E-state index is -0.922. The Morgan fingerprint density at radius 3 is 2.88 bits per heavy atom. The lowest BCUT2D eigenvalue weighted by Crippen LogP contribution is -2.20. The molecule has 90 valence electrons. The normalized spacial score (nSPS) is 11.0. The molecule has 0 radical (unpaired) electrons. The summed E-state index contributed by atoms with van der Waals surface area (Å²) in [5.74, 6) is -0.272. The van der Waals surface area contributed by atoms with Crippen molar-refractivity contribution in [2.75, 3.05) is 6.54 Å². The molecule has 0 aliphatic rings. The lowest BCUT2D eigenvalue weighted by molar-refractivity contribution is 0.0695. The Morgan fingerprint density at radius 2 is 2.31 bits per heavy atom. The third-order valence-corrected chi connectivity index (χ3v) is 2.48. The number of hydrogen-bond acceptors (Lipinski definition) is 3. The van der Waals surface area contributed by atoms with Crippen molar-refractivity contribution in [3.63, 3.8) is 0 Å². The average molecular weight is 225 g/mol. The highest BCUT2D eigenvalue weighted by atomic mass is 16.4. The van der Waals surface area contributed by atoms with Crippen LogP contribution >= 0.6 is 0 Å². The van der Waals surface area contributed by atoms with E-state index in [0.29, 0.717) is 12.5 Å². The number of carboxylic acid groups (broad SMARTS) is 1. The predicted octanol–water partition coefficient (Wildman–Crippen LogP) is 1.25. The van der Waals surface area contributed by atoms with E-state index in [2.05, 4.69) is 24.3 Å². The van der Waals surface area contributed by atoms with Crippen LogP contribution in [0.2, 0.25) is 0 Å². The summed E-state index contributed by atoms with van der Waals surface area (Å²) in [5, 5.41) is 16.1. The van der Waals surface area contributed by atoms with Crippen LogP contribution in [0.25, 0.3) is 0 Å². The molecule has 0 aromatic carbocycles. The zero-order chi connectivity index (χ0) is 12.1. The first-order chi connectivity index (χ1) is 7.52. The molecule has 0 amide bonds. The van der Waals surface area contributed by atoms with E-state index in [1.807, 2.05) is 0 Å². The van der Waals surface area contributed by atoms with Gasteiger partial charge in [-0.1, -0.05) is 13.8 Å². The summed E-state index contributed by atoms with van der Waals surface area (Å²) in [7, 11) is 1.76. The number of nitrogens with one attached hydrogen (secondary N) is 1. The van der Waals surface area contributed by atoms with Gasteiger partial charge in [-0.2, -0.15) is 5.10 Å². The van der Waals surface area contributed by atoms with Gasteiger partial charge in [0.1, 0.15) is 5.56 Å². The van der Waals surface area contributed by atoms with E-state index in [9.17, 15) is 4.79 Å². The van der Waals surface area contributed by atoms with Crippen molar-refractivity contribution in [3.8, 4) is 0 Å². The Kier molecular flexibility index (Phi) is 4.49. The molecular formula is C11H19N3O2. The van der Waals surface area contributed by atoms with Crippen LogP contribution < -0.4 is 5.32 Å². The SMILES string of the molecule is CC(C)CCNCc1c(C(=O)O)cnn1C. The van der Waals surface area contributed by atoms with Gasteiger partial charge in [0.05, 0.1) is 11.9 Å². The minimum absolute atomic E-state index is 0.277. The molecular weight excluding hydrogens is 206 g/mol. The van der Waals surface area contributed by atoms with Crippen molar-refractivity contribution in [3.05, 3.63) is 17.5 Å². The molecule has 0 aliphatic heterocycles. The van der Waals surface area contributed by atoms with Gasteiger partial charge in [0.2, 0.25) is 0 Å². The third kappa shape index (κ3) is 3.34. The summed E-state index contributed by atoms with van der Waals surface area (Å²) < 4.78 is 1.60. The minimum Gasteiger partial charge on any atom is -0.478 e. The molecule has 0 atom stereocenters. The number of aryl methyl sites for hydroxylation is 1. The van der Waals surface area contributed by atoms with Crippen LogP contribution in [0.4, 0.5) is 0 Å². The van der Waals surface area contributed by atoms with E-state index < -0.39 is 5.97 Å². The molecule has 0 bridgehead atoms. The van der Waals surface area contributed by atoms with Crippen LogP contribution in [0.1, 0.15) is 36.3 Å². The quantitative estimate of drug-likeness (QED) is 0.715. The highest BCUT2D eigenvalue weighted by Crippen LogP contribution is 2.07. The van der Waals surface area contributed by atoms with Crippen LogP contribution in [0.5, 0.6) is 0 Å². The maximum Gasteiger partial charge on any atom is 0.339 e. The van der Waals surface area contributed by atoms with Gasteiger partial charge in [-0.3, -0.25) is 4.68 Å². The Bertz CT molecular complexity index is 358. The third-order valence-electron chi connectivity index (χ3n) is 2.48. The number of hydrogen-bond donors (Lipinski definition) is 2. The van der Waals surface area contributed by atoms with Gasteiger partial charge in [-0.15, -0.1) is 0 Å². The molecule has 0 spiro atoms. The maximum absolute atomic E-state index is 10.9. The second-order valence-corrected chi connectivity index (χ2v) is 4.29. The van der Waals surface area contributed by atoms with Crippen molar-refractivity contribution in [2.45, 2.75) is 26.8 Å². The molecule has 5 nitrogen and oxygen atoms in total. The van der Waals surface area contributed by atoms with Crippen molar-refractivity contribution in [1.29, 1.82) is 0 Å². The highest BCUT2D eigenvalue weighted by Gasteiger charge is 2.14. The van der Waals surface area contributed by atoms with Crippen LogP contribution in [0.15, 0.2) is 6.20 Å². The van der Waals surface area contributed by atoms with Gasteiger partial charge in [0.15, 0.2) is 0 Å². The second-order valence-electron chi connectivity index (χ2n) is 4.29. The van der Waals surface area contributed by atoms with Crippen molar-refractivity contribution < 1.29 is 9.90 Å². The van der Waals surface area contributed by atoms with Crippen molar-refractivity contribution in [2.24, 2.45) is 13.0 Å². The summed E-state index contributed by atoms with van der Waals surface area (Å²) in [6.45, 7) is 5.76. The van der Waals surface area contributed by atoms with E-state index in [1.54, 1.807) is 11.7 Å². The monoisotopic (exact) mass is 225 g/mol. The molecule has 0 fully saturated rings. The lowest BCUT2D eigenvalue weighted by Gasteiger charge is -2.08. The first-order valence-corrected chi connectivity index (χ1v) is 5.47. The molecule has 0 aliphatic carbocycles. The molecule has 0 saturated heterocycles. The summed E-state index contributed by atoms with van der Waals surface area (Å²) >= 11 is 0. The summed E-state index contributed by atoms with van der Waals surface area (Å²) in [6, 6.07) is 0. The van der Waals surface area contributed by atoms with Gasteiger partial charge in [0, 0.05) is 13.6 Å². The number of aromatic nitrogens is 2. The largest absolute Gasteiger partial charge is 0.478 e. The second kappa shape index (κ2) is 5.65.